The van der Waals surface area contributed by atoms with Gasteiger partial charge in [-0.15, -0.1) is 0 Å². The average molecular weight is 488 g/mol. The summed E-state index contributed by atoms with van der Waals surface area (Å²) >= 11 is 0. The third kappa shape index (κ3) is 4.18. The Morgan fingerprint density at radius 3 is 2.17 bits per heavy atom. The monoisotopic (exact) mass is 488 g/mol. The number of carbonyl (C=O) groups is 4. The second-order valence-corrected chi connectivity index (χ2v) is 7.84. The maximum Gasteiger partial charge on any atom is 0.287 e. The van der Waals surface area contributed by atoms with E-state index >= 15 is 0 Å². The summed E-state index contributed by atoms with van der Waals surface area (Å²) < 4.78 is 0. The van der Waals surface area contributed by atoms with Crippen molar-refractivity contribution in [2.45, 2.75) is 6.92 Å². The fourth-order valence-corrected chi connectivity index (χ4v) is 3.73. The minimum atomic E-state index is -1.17. The van der Waals surface area contributed by atoms with Gasteiger partial charge in [0.05, 0.1) is 15.4 Å². The molecule has 0 radical (unpaired) electrons. The molecule has 0 bridgehead atoms. The summed E-state index contributed by atoms with van der Waals surface area (Å²) in [5.41, 5.74) is -1.12. The summed E-state index contributed by atoms with van der Waals surface area (Å²) in [5.74, 6) is -3.91. The van der Waals surface area contributed by atoms with Crippen LogP contribution in [0.15, 0.2) is 66.7 Å². The van der Waals surface area contributed by atoms with Gasteiger partial charge in [0.15, 0.2) is 5.78 Å². The standard InChI is InChI=1S/C24H16N4O8/c1-14-8-10-15(11-9-14)20(29)13-25(22(30)16-4-2-5-17(12-16)27(33)34)26-23(31)18-6-3-7-19(28(35)36)21(18)24(26)32/h2-12H,13H2,1H3. The van der Waals surface area contributed by atoms with Gasteiger partial charge in [0.25, 0.3) is 29.1 Å². The summed E-state index contributed by atoms with van der Waals surface area (Å²) in [7, 11) is 0. The Morgan fingerprint density at radius 1 is 0.861 bits per heavy atom. The highest BCUT2D eigenvalue weighted by Crippen LogP contribution is 2.32. The molecule has 0 spiro atoms. The molecule has 12 heteroatoms. The van der Waals surface area contributed by atoms with Gasteiger partial charge in [0.1, 0.15) is 12.1 Å². The lowest BCUT2D eigenvalue weighted by atomic mass is 10.1. The zero-order valence-corrected chi connectivity index (χ0v) is 18.6. The molecular formula is C24H16N4O8. The third-order valence-electron chi connectivity index (χ3n) is 5.51. The molecule has 0 fully saturated rings. The zero-order chi connectivity index (χ0) is 26.1. The first-order chi connectivity index (χ1) is 17.1. The lowest BCUT2D eigenvalue weighted by Crippen LogP contribution is -2.51. The summed E-state index contributed by atoms with van der Waals surface area (Å²) in [4.78, 5) is 74.0. The molecule has 0 atom stereocenters. The SMILES string of the molecule is Cc1ccc(C(=O)CN(C(=O)c2cccc([N+](=O)[O-])c2)N2C(=O)c3cccc([N+](=O)[O-])c3C2=O)cc1. The largest absolute Gasteiger partial charge is 0.292 e. The number of nitro groups is 2. The number of Topliss-reactive ketones (excluding diaryl/α,β-unsaturated/α-hetero) is 1. The van der Waals surface area contributed by atoms with E-state index in [2.05, 4.69) is 0 Å². The highest BCUT2D eigenvalue weighted by molar-refractivity contribution is 6.24. The van der Waals surface area contributed by atoms with Gasteiger partial charge in [-0.05, 0) is 19.1 Å². The second-order valence-electron chi connectivity index (χ2n) is 7.84. The lowest BCUT2D eigenvalue weighted by Gasteiger charge is -2.29. The van der Waals surface area contributed by atoms with Gasteiger partial charge in [0, 0.05) is 29.3 Å². The molecule has 0 unspecified atom stereocenters. The van der Waals surface area contributed by atoms with Crippen LogP contribution in [0.25, 0.3) is 0 Å². The van der Waals surface area contributed by atoms with Crippen LogP contribution in [0.1, 0.15) is 47.0 Å². The van der Waals surface area contributed by atoms with Crippen LogP contribution in [0.4, 0.5) is 11.4 Å². The first-order valence-electron chi connectivity index (χ1n) is 10.4. The Kier molecular flexibility index (Phi) is 6.09. The van der Waals surface area contributed by atoms with Crippen LogP contribution in [0.3, 0.4) is 0 Å². The summed E-state index contributed by atoms with van der Waals surface area (Å²) in [6.45, 7) is 1.02. The molecule has 3 aromatic rings. The number of rotatable bonds is 7. The molecule has 180 valence electrons. The first kappa shape index (κ1) is 23.9. The predicted octanol–water partition coefficient (Wildman–Crippen LogP) is 3.35. The van der Waals surface area contributed by atoms with E-state index in [1.807, 2.05) is 0 Å². The molecule has 3 aromatic carbocycles. The Bertz CT molecular complexity index is 1470. The fraction of sp³-hybridized carbons (Fsp3) is 0.0833. The number of amides is 3. The maximum absolute atomic E-state index is 13.5. The van der Waals surface area contributed by atoms with E-state index in [0.717, 1.165) is 23.8 Å². The highest BCUT2D eigenvalue weighted by Gasteiger charge is 2.46. The van der Waals surface area contributed by atoms with E-state index in [1.54, 1.807) is 19.1 Å². The number of hydrogen-bond acceptors (Lipinski definition) is 8. The molecule has 1 heterocycles. The number of fused-ring (bicyclic) bond motifs is 1. The van der Waals surface area contributed by atoms with Crippen LogP contribution in [0, 0.1) is 27.2 Å². The molecular weight excluding hydrogens is 472 g/mol. The van der Waals surface area contributed by atoms with Crippen LogP contribution in [0.5, 0.6) is 0 Å². The van der Waals surface area contributed by atoms with E-state index in [9.17, 15) is 39.4 Å². The lowest BCUT2D eigenvalue weighted by molar-refractivity contribution is -0.385. The van der Waals surface area contributed by atoms with Crippen LogP contribution in [-0.2, 0) is 0 Å². The number of hydrazine groups is 1. The van der Waals surface area contributed by atoms with Gasteiger partial charge in [-0.3, -0.25) is 39.4 Å². The van der Waals surface area contributed by atoms with Gasteiger partial charge < -0.3 is 0 Å². The van der Waals surface area contributed by atoms with Crippen molar-refractivity contribution in [3.05, 3.63) is 115 Å². The number of ketones is 1. The number of non-ortho nitro benzene ring substituents is 1. The van der Waals surface area contributed by atoms with Gasteiger partial charge >= 0.3 is 0 Å². The molecule has 0 N–H and O–H groups in total. The van der Waals surface area contributed by atoms with Crippen molar-refractivity contribution in [1.29, 1.82) is 0 Å². The Morgan fingerprint density at radius 2 is 1.53 bits per heavy atom. The van der Waals surface area contributed by atoms with Crippen molar-refractivity contribution in [2.24, 2.45) is 0 Å². The first-order valence-corrected chi connectivity index (χ1v) is 10.4. The molecule has 0 aromatic heterocycles. The number of imide groups is 1. The van der Waals surface area contributed by atoms with Crippen molar-refractivity contribution in [2.75, 3.05) is 6.54 Å². The van der Waals surface area contributed by atoms with Gasteiger partial charge in [0.2, 0.25) is 0 Å². The number of aryl methyl sites for hydroxylation is 1. The van der Waals surface area contributed by atoms with Gasteiger partial charge in [-0.1, -0.05) is 42.0 Å². The molecule has 0 saturated heterocycles. The second kappa shape index (κ2) is 9.18. The van der Waals surface area contributed by atoms with Crippen molar-refractivity contribution < 1.29 is 29.0 Å². The van der Waals surface area contributed by atoms with Crippen LogP contribution in [0.2, 0.25) is 0 Å². The summed E-state index contributed by atoms with van der Waals surface area (Å²) in [6.07, 6.45) is 0. The summed E-state index contributed by atoms with van der Waals surface area (Å²) in [6, 6.07) is 14.3. The number of carbonyl (C=O) groups excluding carboxylic acids is 4. The van der Waals surface area contributed by atoms with E-state index in [1.165, 1.54) is 36.4 Å². The molecule has 1 aliphatic heterocycles. The quantitative estimate of drug-likeness (QED) is 0.212. The van der Waals surface area contributed by atoms with E-state index in [-0.39, 0.29) is 16.7 Å². The number of benzene rings is 3. The average Bonchev–Trinajstić information content (AvgIpc) is 3.12. The molecule has 12 nitrogen and oxygen atoms in total. The fourth-order valence-electron chi connectivity index (χ4n) is 3.73. The number of nitro benzene ring substituents is 2. The molecule has 4 rings (SSSR count). The number of nitrogens with zero attached hydrogens (tertiary/aromatic N) is 4. The van der Waals surface area contributed by atoms with Gasteiger partial charge in [-0.25, -0.2) is 5.01 Å². The molecule has 1 aliphatic rings. The van der Waals surface area contributed by atoms with E-state index < -0.39 is 56.8 Å². The smallest absolute Gasteiger partial charge is 0.287 e. The predicted molar refractivity (Wildman–Crippen MR) is 123 cm³/mol. The van der Waals surface area contributed by atoms with Crippen molar-refractivity contribution in [3.63, 3.8) is 0 Å². The topological polar surface area (TPSA) is 161 Å². The van der Waals surface area contributed by atoms with Crippen molar-refractivity contribution in [1.82, 2.24) is 10.0 Å². The molecule has 0 saturated carbocycles. The molecule has 3 amide bonds. The molecule has 0 aliphatic carbocycles. The zero-order valence-electron chi connectivity index (χ0n) is 18.6. The Hall–Kier alpha value is -5.26. The van der Waals surface area contributed by atoms with Gasteiger partial charge in [-0.2, -0.15) is 5.01 Å². The van der Waals surface area contributed by atoms with Crippen LogP contribution >= 0.6 is 0 Å². The Labute approximate surface area is 202 Å². The van der Waals surface area contributed by atoms with E-state index in [0.29, 0.717) is 10.0 Å². The third-order valence-corrected chi connectivity index (χ3v) is 5.51. The van der Waals surface area contributed by atoms with Crippen molar-refractivity contribution >= 4 is 34.9 Å². The summed E-state index contributed by atoms with van der Waals surface area (Å²) in [5, 5.41) is 23.6. The number of hydrogen-bond donors (Lipinski definition) is 0. The van der Waals surface area contributed by atoms with E-state index in [4.69, 9.17) is 0 Å². The minimum Gasteiger partial charge on any atom is -0.292 e. The van der Waals surface area contributed by atoms with Crippen LogP contribution in [-0.4, -0.2) is 49.9 Å². The normalized spacial score (nSPS) is 12.3. The maximum atomic E-state index is 13.5. The highest BCUT2D eigenvalue weighted by atomic mass is 16.6. The molecule has 36 heavy (non-hydrogen) atoms. The minimum absolute atomic E-state index is 0.181. The van der Waals surface area contributed by atoms with Crippen molar-refractivity contribution in [3.8, 4) is 0 Å². The Balaban J connectivity index is 1.80. The van der Waals surface area contributed by atoms with Crippen LogP contribution < -0.4 is 0 Å².